The van der Waals surface area contributed by atoms with Crippen molar-refractivity contribution in [3.8, 4) is 0 Å². The molecule has 1 heterocycles. The summed E-state index contributed by atoms with van der Waals surface area (Å²) in [6.07, 6.45) is -4.86. The Hall–Kier alpha value is -4.08. The minimum atomic E-state index is -4.86. The second kappa shape index (κ2) is 9.65. The minimum Gasteiger partial charge on any atom is -0.478 e. The van der Waals surface area contributed by atoms with Crippen LogP contribution in [0.5, 0.6) is 0 Å². The maximum absolute atomic E-state index is 13.5. The molecule has 0 saturated carbocycles. The fraction of sp³-hybridized carbons (Fsp3) is 0.200. The summed E-state index contributed by atoms with van der Waals surface area (Å²) in [5, 5.41) is 11.4. The lowest BCUT2D eigenvalue weighted by atomic mass is 10.1. The topological polar surface area (TPSA) is 72.9 Å². The first-order valence-electron chi connectivity index (χ1n) is 10.7. The van der Waals surface area contributed by atoms with Gasteiger partial charge in [-0.05, 0) is 66.7 Å². The van der Waals surface area contributed by atoms with Gasteiger partial charge in [0.25, 0.3) is 5.91 Å². The number of carbonyl (C=O) groups excluding carboxylic acids is 1. The Balaban J connectivity index is 1.36. The molecule has 182 valence electrons. The highest BCUT2D eigenvalue weighted by Crippen LogP contribution is 2.33. The van der Waals surface area contributed by atoms with E-state index in [1.807, 2.05) is 0 Å². The number of anilines is 3. The smallest absolute Gasteiger partial charge is 0.419 e. The molecule has 0 bridgehead atoms. The van der Waals surface area contributed by atoms with Crippen LogP contribution in [0.1, 0.15) is 26.3 Å². The Bertz CT molecular complexity index is 1220. The van der Waals surface area contributed by atoms with E-state index < -0.39 is 29.4 Å². The van der Waals surface area contributed by atoms with Gasteiger partial charge in [0, 0.05) is 48.8 Å². The Morgan fingerprint density at radius 3 is 1.71 bits per heavy atom. The van der Waals surface area contributed by atoms with Crippen LogP contribution in [-0.4, -0.2) is 43.2 Å². The maximum atomic E-state index is 13.5. The number of benzene rings is 3. The molecule has 35 heavy (non-hydrogen) atoms. The molecule has 6 nitrogen and oxygen atoms in total. The SMILES string of the molecule is O=C(O)c1ccc(N2CCN(c3ccc(C(=O)Nc4ccc(F)c(C(F)(F)F)c4)cc3)CC2)cc1. The van der Waals surface area contributed by atoms with Crippen LogP contribution >= 0.6 is 0 Å². The number of alkyl halides is 3. The number of carbonyl (C=O) groups is 2. The third-order valence-electron chi connectivity index (χ3n) is 5.78. The van der Waals surface area contributed by atoms with Crippen molar-refractivity contribution in [3.63, 3.8) is 0 Å². The lowest BCUT2D eigenvalue weighted by Crippen LogP contribution is -2.46. The summed E-state index contributed by atoms with van der Waals surface area (Å²) >= 11 is 0. The predicted molar refractivity (Wildman–Crippen MR) is 124 cm³/mol. The van der Waals surface area contributed by atoms with Crippen LogP contribution in [0, 0.1) is 5.82 Å². The molecular weight excluding hydrogens is 466 g/mol. The Labute approximate surface area is 198 Å². The van der Waals surface area contributed by atoms with E-state index in [-0.39, 0.29) is 16.8 Å². The first-order valence-corrected chi connectivity index (χ1v) is 10.7. The summed E-state index contributed by atoms with van der Waals surface area (Å²) in [6.45, 7) is 2.87. The van der Waals surface area contributed by atoms with E-state index in [0.717, 1.165) is 30.5 Å². The molecule has 3 aromatic rings. The van der Waals surface area contributed by atoms with Gasteiger partial charge in [-0.2, -0.15) is 13.2 Å². The number of carboxylic acid groups (broad SMARTS) is 1. The average molecular weight is 487 g/mol. The van der Waals surface area contributed by atoms with E-state index in [2.05, 4.69) is 15.1 Å². The van der Waals surface area contributed by atoms with E-state index in [1.165, 1.54) is 0 Å². The largest absolute Gasteiger partial charge is 0.478 e. The Kier molecular flexibility index (Phi) is 6.63. The summed E-state index contributed by atoms with van der Waals surface area (Å²) in [6, 6.07) is 15.7. The van der Waals surface area contributed by atoms with Gasteiger partial charge in [0.1, 0.15) is 5.82 Å². The molecule has 0 spiro atoms. The normalized spacial score (nSPS) is 14.1. The van der Waals surface area contributed by atoms with Gasteiger partial charge in [0.05, 0.1) is 11.1 Å². The number of hydrogen-bond acceptors (Lipinski definition) is 4. The van der Waals surface area contributed by atoms with E-state index in [1.54, 1.807) is 48.5 Å². The second-order valence-corrected chi connectivity index (χ2v) is 8.02. The van der Waals surface area contributed by atoms with Crippen molar-refractivity contribution in [3.05, 3.63) is 89.2 Å². The lowest BCUT2D eigenvalue weighted by Gasteiger charge is -2.37. The molecule has 1 saturated heterocycles. The number of halogens is 4. The molecule has 1 aliphatic heterocycles. The zero-order chi connectivity index (χ0) is 25.2. The number of nitrogens with zero attached hydrogens (tertiary/aromatic N) is 2. The number of nitrogens with one attached hydrogen (secondary N) is 1. The first kappa shape index (κ1) is 24.1. The highest BCUT2D eigenvalue weighted by atomic mass is 19.4. The molecule has 1 aliphatic rings. The van der Waals surface area contributed by atoms with E-state index in [4.69, 9.17) is 5.11 Å². The molecule has 10 heteroatoms. The summed E-state index contributed by atoms with van der Waals surface area (Å²) in [5.74, 6) is -2.98. The van der Waals surface area contributed by atoms with Crippen molar-refractivity contribution >= 4 is 28.9 Å². The highest BCUT2D eigenvalue weighted by molar-refractivity contribution is 6.04. The average Bonchev–Trinajstić information content (AvgIpc) is 2.85. The van der Waals surface area contributed by atoms with Crippen molar-refractivity contribution in [2.75, 3.05) is 41.3 Å². The first-order chi connectivity index (χ1) is 16.6. The fourth-order valence-electron chi connectivity index (χ4n) is 3.88. The minimum absolute atomic E-state index is 0.152. The number of amides is 1. The quantitative estimate of drug-likeness (QED) is 0.489. The van der Waals surface area contributed by atoms with Crippen LogP contribution in [-0.2, 0) is 6.18 Å². The van der Waals surface area contributed by atoms with Crippen LogP contribution < -0.4 is 15.1 Å². The van der Waals surface area contributed by atoms with Gasteiger partial charge in [-0.1, -0.05) is 0 Å². The number of carboxylic acids is 1. The number of aromatic carboxylic acids is 1. The van der Waals surface area contributed by atoms with Crippen molar-refractivity contribution < 1.29 is 32.3 Å². The zero-order valence-corrected chi connectivity index (χ0v) is 18.3. The van der Waals surface area contributed by atoms with Crippen LogP contribution in [0.3, 0.4) is 0 Å². The monoisotopic (exact) mass is 487 g/mol. The highest BCUT2D eigenvalue weighted by Gasteiger charge is 2.34. The van der Waals surface area contributed by atoms with Gasteiger partial charge in [0.15, 0.2) is 0 Å². The number of piperazine rings is 1. The molecule has 0 unspecified atom stereocenters. The molecule has 4 rings (SSSR count). The Morgan fingerprint density at radius 2 is 1.26 bits per heavy atom. The predicted octanol–water partition coefficient (Wildman–Crippen LogP) is 5.12. The summed E-state index contributed by atoms with van der Waals surface area (Å²) in [7, 11) is 0. The molecular formula is C25H21F4N3O3. The lowest BCUT2D eigenvalue weighted by molar-refractivity contribution is -0.139. The van der Waals surface area contributed by atoms with Gasteiger partial charge < -0.3 is 20.2 Å². The second-order valence-electron chi connectivity index (χ2n) is 8.02. The van der Waals surface area contributed by atoms with E-state index in [0.29, 0.717) is 25.2 Å². The molecule has 0 aliphatic carbocycles. The Morgan fingerprint density at radius 1 is 0.771 bits per heavy atom. The van der Waals surface area contributed by atoms with Crippen molar-refractivity contribution in [1.82, 2.24) is 0 Å². The van der Waals surface area contributed by atoms with Gasteiger partial charge in [-0.15, -0.1) is 0 Å². The van der Waals surface area contributed by atoms with Crippen molar-refractivity contribution in [2.24, 2.45) is 0 Å². The summed E-state index contributed by atoms with van der Waals surface area (Å²) in [4.78, 5) is 27.8. The standard InChI is InChI=1S/C25H21F4N3O3/c26-22-10-5-18(15-21(22)25(27,28)29)30-23(33)16-1-6-19(7-2-16)31-11-13-32(14-12-31)20-8-3-17(4-9-20)24(34)35/h1-10,15H,11-14H2,(H,30,33)(H,34,35). The van der Waals surface area contributed by atoms with Crippen LogP contribution in [0.4, 0.5) is 34.6 Å². The van der Waals surface area contributed by atoms with Gasteiger partial charge >= 0.3 is 12.1 Å². The maximum Gasteiger partial charge on any atom is 0.419 e. The van der Waals surface area contributed by atoms with Crippen LogP contribution in [0.15, 0.2) is 66.7 Å². The van der Waals surface area contributed by atoms with Crippen LogP contribution in [0.25, 0.3) is 0 Å². The van der Waals surface area contributed by atoms with Crippen molar-refractivity contribution in [2.45, 2.75) is 6.18 Å². The van der Waals surface area contributed by atoms with Gasteiger partial charge in [0.2, 0.25) is 0 Å². The third-order valence-corrected chi connectivity index (χ3v) is 5.78. The molecule has 1 amide bonds. The summed E-state index contributed by atoms with van der Waals surface area (Å²) in [5.41, 5.74) is 0.725. The molecule has 3 aromatic carbocycles. The molecule has 0 radical (unpaired) electrons. The fourth-order valence-corrected chi connectivity index (χ4v) is 3.88. The zero-order valence-electron chi connectivity index (χ0n) is 18.3. The molecule has 0 atom stereocenters. The van der Waals surface area contributed by atoms with Crippen molar-refractivity contribution in [1.29, 1.82) is 0 Å². The van der Waals surface area contributed by atoms with Gasteiger partial charge in [-0.3, -0.25) is 4.79 Å². The molecule has 0 aromatic heterocycles. The third kappa shape index (κ3) is 5.53. The van der Waals surface area contributed by atoms with E-state index in [9.17, 15) is 27.2 Å². The van der Waals surface area contributed by atoms with E-state index >= 15 is 0 Å². The molecule has 1 fully saturated rings. The summed E-state index contributed by atoms with van der Waals surface area (Å²) < 4.78 is 52.1. The molecule has 2 N–H and O–H groups in total. The number of rotatable bonds is 5. The van der Waals surface area contributed by atoms with Gasteiger partial charge in [-0.25, -0.2) is 9.18 Å². The number of hydrogen-bond donors (Lipinski definition) is 2. The van der Waals surface area contributed by atoms with Crippen LogP contribution in [0.2, 0.25) is 0 Å².